The van der Waals surface area contributed by atoms with Gasteiger partial charge in [0.1, 0.15) is 0 Å². The van der Waals surface area contributed by atoms with Crippen molar-refractivity contribution in [2.45, 2.75) is 19.3 Å². The molecule has 0 amide bonds. The van der Waals surface area contributed by atoms with E-state index >= 15 is 0 Å². The molecule has 17 heavy (non-hydrogen) atoms. The molecule has 0 spiro atoms. The van der Waals surface area contributed by atoms with E-state index in [-0.39, 0.29) is 12.4 Å². The number of carboxylic acid groups (broad SMARTS) is 1. The van der Waals surface area contributed by atoms with Gasteiger partial charge in [0.15, 0.2) is 0 Å². The van der Waals surface area contributed by atoms with Gasteiger partial charge in [-0.15, -0.1) is 0 Å². The first-order valence-electron chi connectivity index (χ1n) is 5.47. The van der Waals surface area contributed by atoms with E-state index < -0.39 is 11.9 Å². The third kappa shape index (κ3) is 4.68. The zero-order valence-corrected chi connectivity index (χ0v) is 9.76. The van der Waals surface area contributed by atoms with Crippen LogP contribution in [0.2, 0.25) is 0 Å². The van der Waals surface area contributed by atoms with Gasteiger partial charge in [0.2, 0.25) is 0 Å². The van der Waals surface area contributed by atoms with Crippen LogP contribution in [-0.2, 0) is 20.7 Å². The molecule has 0 bridgehead atoms. The van der Waals surface area contributed by atoms with Gasteiger partial charge in [-0.25, -0.2) is 0 Å². The predicted molar refractivity (Wildman–Crippen MR) is 62.5 cm³/mol. The lowest BCUT2D eigenvalue weighted by Crippen LogP contribution is -2.18. The number of benzene rings is 1. The Bertz CT molecular complexity index is 372. The highest BCUT2D eigenvalue weighted by Gasteiger charge is 2.19. The molecule has 0 fully saturated rings. The van der Waals surface area contributed by atoms with Crippen LogP contribution in [0.4, 0.5) is 0 Å². The highest BCUT2D eigenvalue weighted by atomic mass is 16.5. The van der Waals surface area contributed by atoms with Gasteiger partial charge in [0.05, 0.1) is 13.0 Å². The van der Waals surface area contributed by atoms with E-state index in [1.807, 2.05) is 30.3 Å². The van der Waals surface area contributed by atoms with Crippen LogP contribution in [0, 0.1) is 5.92 Å². The van der Waals surface area contributed by atoms with E-state index in [2.05, 4.69) is 4.74 Å². The summed E-state index contributed by atoms with van der Waals surface area (Å²) in [5.74, 6) is -1.79. The fourth-order valence-electron chi connectivity index (χ4n) is 1.61. The normalized spacial score (nSPS) is 11.8. The minimum atomic E-state index is -0.877. The fourth-order valence-corrected chi connectivity index (χ4v) is 1.61. The molecular formula is C13H16O4. The Morgan fingerprint density at radius 3 is 2.47 bits per heavy atom. The Morgan fingerprint density at radius 2 is 1.94 bits per heavy atom. The molecule has 1 N–H and O–H groups in total. The lowest BCUT2D eigenvalue weighted by Gasteiger charge is -2.11. The molecule has 1 rings (SSSR count). The number of hydrogen-bond donors (Lipinski definition) is 1. The quantitative estimate of drug-likeness (QED) is 0.766. The van der Waals surface area contributed by atoms with E-state index in [0.29, 0.717) is 12.8 Å². The number of hydrogen-bond acceptors (Lipinski definition) is 3. The summed E-state index contributed by atoms with van der Waals surface area (Å²) in [6, 6.07) is 9.39. The van der Waals surface area contributed by atoms with Crippen LogP contribution in [-0.4, -0.2) is 24.2 Å². The summed E-state index contributed by atoms with van der Waals surface area (Å²) in [6.45, 7) is 0. The van der Waals surface area contributed by atoms with Crippen LogP contribution in [0.25, 0.3) is 0 Å². The second-order valence-electron chi connectivity index (χ2n) is 3.84. The largest absolute Gasteiger partial charge is 0.481 e. The first-order valence-corrected chi connectivity index (χ1v) is 5.47. The van der Waals surface area contributed by atoms with Gasteiger partial charge in [0, 0.05) is 6.42 Å². The summed E-state index contributed by atoms with van der Waals surface area (Å²) in [5.41, 5.74) is 0.963. The number of aliphatic carboxylic acids is 1. The maximum absolute atomic E-state index is 11.1. The topological polar surface area (TPSA) is 63.6 Å². The lowest BCUT2D eigenvalue weighted by atomic mass is 9.95. The molecule has 0 aliphatic carbocycles. The number of carboxylic acids is 1. The minimum absolute atomic E-state index is 0.139. The Kier molecular flexibility index (Phi) is 5.20. The molecule has 0 aromatic heterocycles. The Morgan fingerprint density at radius 1 is 1.29 bits per heavy atom. The van der Waals surface area contributed by atoms with Crippen molar-refractivity contribution in [2.24, 2.45) is 5.92 Å². The molecule has 0 heterocycles. The second-order valence-corrected chi connectivity index (χ2v) is 3.84. The van der Waals surface area contributed by atoms with E-state index in [1.165, 1.54) is 7.11 Å². The van der Waals surface area contributed by atoms with Crippen molar-refractivity contribution in [3.8, 4) is 0 Å². The Hall–Kier alpha value is -1.84. The summed E-state index contributed by atoms with van der Waals surface area (Å²) in [5, 5.41) is 9.07. The van der Waals surface area contributed by atoms with Crippen LogP contribution >= 0.6 is 0 Å². The Labute approximate surface area is 100 Å². The third-order valence-corrected chi connectivity index (χ3v) is 2.60. The fraction of sp³-hybridized carbons (Fsp3) is 0.385. The van der Waals surface area contributed by atoms with Crippen molar-refractivity contribution in [2.75, 3.05) is 7.11 Å². The molecule has 0 radical (unpaired) electrons. The van der Waals surface area contributed by atoms with E-state index in [9.17, 15) is 9.59 Å². The third-order valence-electron chi connectivity index (χ3n) is 2.60. The van der Waals surface area contributed by atoms with Crippen LogP contribution in [0.1, 0.15) is 18.4 Å². The van der Waals surface area contributed by atoms with Crippen molar-refractivity contribution < 1.29 is 19.4 Å². The summed E-state index contributed by atoms with van der Waals surface area (Å²) < 4.78 is 4.50. The summed E-state index contributed by atoms with van der Waals surface area (Å²) in [4.78, 5) is 22.0. The standard InChI is InChI=1S/C13H16O4/c1-17-12(14)8-7-11(13(15)16)9-10-5-3-2-4-6-10/h2-6,11H,7-9H2,1H3,(H,15,16)/t11-/m0/s1. The van der Waals surface area contributed by atoms with Crippen molar-refractivity contribution in [3.05, 3.63) is 35.9 Å². The SMILES string of the molecule is COC(=O)CC[C@@H](Cc1ccccc1)C(=O)O. The van der Waals surface area contributed by atoms with Gasteiger partial charge >= 0.3 is 11.9 Å². The van der Waals surface area contributed by atoms with Gasteiger partial charge in [-0.3, -0.25) is 9.59 Å². The zero-order chi connectivity index (χ0) is 12.7. The van der Waals surface area contributed by atoms with E-state index in [4.69, 9.17) is 5.11 Å². The van der Waals surface area contributed by atoms with E-state index in [1.54, 1.807) is 0 Å². The smallest absolute Gasteiger partial charge is 0.306 e. The summed E-state index contributed by atoms with van der Waals surface area (Å²) in [6.07, 6.45) is 0.879. The first-order chi connectivity index (χ1) is 8.13. The number of carbonyl (C=O) groups is 2. The number of esters is 1. The minimum Gasteiger partial charge on any atom is -0.481 e. The molecule has 92 valence electrons. The molecule has 0 aliphatic rings. The monoisotopic (exact) mass is 236 g/mol. The van der Waals surface area contributed by atoms with Crippen molar-refractivity contribution in [1.29, 1.82) is 0 Å². The Balaban J connectivity index is 2.55. The zero-order valence-electron chi connectivity index (χ0n) is 9.76. The number of ether oxygens (including phenoxy) is 1. The van der Waals surface area contributed by atoms with Gasteiger partial charge in [-0.1, -0.05) is 30.3 Å². The highest BCUT2D eigenvalue weighted by Crippen LogP contribution is 2.15. The van der Waals surface area contributed by atoms with Gasteiger partial charge in [-0.05, 0) is 18.4 Å². The average molecular weight is 236 g/mol. The van der Waals surface area contributed by atoms with Gasteiger partial charge in [-0.2, -0.15) is 0 Å². The maximum Gasteiger partial charge on any atom is 0.306 e. The highest BCUT2D eigenvalue weighted by molar-refractivity contribution is 5.73. The molecule has 0 saturated carbocycles. The van der Waals surface area contributed by atoms with E-state index in [0.717, 1.165) is 5.56 Å². The molecule has 4 heteroatoms. The van der Waals surface area contributed by atoms with Crippen molar-refractivity contribution in [1.82, 2.24) is 0 Å². The van der Waals surface area contributed by atoms with Crippen LogP contribution in [0.3, 0.4) is 0 Å². The molecule has 0 aliphatic heterocycles. The molecule has 0 saturated heterocycles. The maximum atomic E-state index is 11.1. The first kappa shape index (κ1) is 13.2. The molecular weight excluding hydrogens is 220 g/mol. The molecule has 0 unspecified atom stereocenters. The molecule has 1 aromatic carbocycles. The van der Waals surface area contributed by atoms with Gasteiger partial charge in [0.25, 0.3) is 0 Å². The van der Waals surface area contributed by atoms with Crippen molar-refractivity contribution in [3.63, 3.8) is 0 Å². The number of rotatable bonds is 6. The second kappa shape index (κ2) is 6.68. The average Bonchev–Trinajstić information content (AvgIpc) is 2.34. The van der Waals surface area contributed by atoms with Crippen LogP contribution in [0.5, 0.6) is 0 Å². The molecule has 1 aromatic rings. The van der Waals surface area contributed by atoms with Crippen LogP contribution < -0.4 is 0 Å². The van der Waals surface area contributed by atoms with Crippen LogP contribution in [0.15, 0.2) is 30.3 Å². The summed E-state index contributed by atoms with van der Waals surface area (Å²) in [7, 11) is 1.30. The van der Waals surface area contributed by atoms with Gasteiger partial charge < -0.3 is 9.84 Å². The molecule has 1 atom stereocenters. The number of carbonyl (C=O) groups excluding carboxylic acids is 1. The molecule has 4 nitrogen and oxygen atoms in total. The lowest BCUT2D eigenvalue weighted by molar-refractivity contribution is -0.143. The summed E-state index contributed by atoms with van der Waals surface area (Å²) >= 11 is 0. The predicted octanol–water partition coefficient (Wildman–Crippen LogP) is 1.88. The number of methoxy groups -OCH3 is 1. The van der Waals surface area contributed by atoms with Crippen molar-refractivity contribution >= 4 is 11.9 Å².